The maximum Gasteiger partial charge on any atom is 0.258 e. The largest absolute Gasteiger partial charge is 0.494 e. The molecule has 1 amide bonds. The summed E-state index contributed by atoms with van der Waals surface area (Å²) in [6, 6.07) is 19.9. The number of benzene rings is 3. The van der Waals surface area contributed by atoms with Gasteiger partial charge in [0.2, 0.25) is 0 Å². The van der Waals surface area contributed by atoms with Crippen LogP contribution >= 0.6 is 0 Å². The van der Waals surface area contributed by atoms with Crippen molar-refractivity contribution < 1.29 is 19.4 Å². The third-order valence-corrected chi connectivity index (χ3v) is 7.02. The minimum atomic E-state index is -0.280. The van der Waals surface area contributed by atoms with E-state index >= 15 is 0 Å². The number of aryl methyl sites for hydroxylation is 1. The summed E-state index contributed by atoms with van der Waals surface area (Å²) in [7, 11) is 1.74. The number of aromatic hydroxyl groups is 1. The van der Waals surface area contributed by atoms with E-state index in [1.165, 1.54) is 6.20 Å². The number of nitrogens with zero attached hydrogens (tertiary/aromatic N) is 4. The van der Waals surface area contributed by atoms with Gasteiger partial charge in [0.1, 0.15) is 0 Å². The number of fused-ring (bicyclic) bond motifs is 1. The van der Waals surface area contributed by atoms with Gasteiger partial charge in [0.05, 0.1) is 36.2 Å². The standard InChI is InChI=1S/C31H28N6O4/c1-36-19-22(17-33-36)30(39)34-24-5-2-20(3-6-24)29(38)21-4-11-28-26(16-21)27(31(40)35-28)18-32-23-7-9-25(10-8-23)37-12-14-41-15-13-37/h2-11,16-19,35,40H,12-15H2,1H3,(H,34,39). The minimum absolute atomic E-state index is 0.0213. The Bertz CT molecular complexity index is 1750. The molecule has 3 N–H and O–H groups in total. The lowest BCUT2D eigenvalue weighted by atomic mass is 10.0. The number of carbonyl (C=O) groups excluding carboxylic acids is 2. The van der Waals surface area contributed by atoms with Gasteiger partial charge >= 0.3 is 0 Å². The molecule has 0 spiro atoms. The van der Waals surface area contributed by atoms with Crippen molar-refractivity contribution in [3.05, 3.63) is 101 Å². The average molecular weight is 549 g/mol. The summed E-state index contributed by atoms with van der Waals surface area (Å²) in [5.74, 6) is -0.483. The zero-order valence-electron chi connectivity index (χ0n) is 22.4. The van der Waals surface area contributed by atoms with Crippen molar-refractivity contribution >= 4 is 45.9 Å². The quantitative estimate of drug-likeness (QED) is 0.200. The molecule has 1 fully saturated rings. The van der Waals surface area contributed by atoms with Gasteiger partial charge in [-0.1, -0.05) is 0 Å². The summed E-state index contributed by atoms with van der Waals surface area (Å²) in [4.78, 5) is 35.5. The number of ether oxygens (including phenoxy) is 1. The number of aromatic nitrogens is 3. The smallest absolute Gasteiger partial charge is 0.258 e. The lowest BCUT2D eigenvalue weighted by Gasteiger charge is -2.28. The van der Waals surface area contributed by atoms with E-state index in [1.807, 2.05) is 24.3 Å². The van der Waals surface area contributed by atoms with Crippen molar-refractivity contribution in [3.8, 4) is 5.88 Å². The van der Waals surface area contributed by atoms with Crippen LogP contribution in [0.15, 0.2) is 84.1 Å². The van der Waals surface area contributed by atoms with Crippen LogP contribution in [0.3, 0.4) is 0 Å². The molecule has 41 heavy (non-hydrogen) atoms. The molecule has 0 saturated carbocycles. The first-order valence-corrected chi connectivity index (χ1v) is 13.2. The lowest BCUT2D eigenvalue weighted by Crippen LogP contribution is -2.36. The molecule has 206 valence electrons. The number of ketones is 1. The fourth-order valence-electron chi connectivity index (χ4n) is 4.79. The Morgan fingerprint density at radius 1 is 1.00 bits per heavy atom. The van der Waals surface area contributed by atoms with Gasteiger partial charge in [0.25, 0.3) is 5.91 Å². The molecule has 5 aromatic rings. The first kappa shape index (κ1) is 26.0. The number of carbonyl (C=O) groups is 2. The van der Waals surface area contributed by atoms with Crippen LogP contribution in [-0.2, 0) is 11.8 Å². The van der Waals surface area contributed by atoms with Gasteiger partial charge in [-0.05, 0) is 66.7 Å². The van der Waals surface area contributed by atoms with Crippen LogP contribution in [0.2, 0.25) is 0 Å². The number of rotatable bonds is 7. The van der Waals surface area contributed by atoms with Crippen LogP contribution in [-0.4, -0.2) is 64.1 Å². The van der Waals surface area contributed by atoms with E-state index in [9.17, 15) is 14.7 Å². The maximum atomic E-state index is 13.3. The Labute approximate surface area is 235 Å². The third-order valence-electron chi connectivity index (χ3n) is 7.02. The number of anilines is 2. The van der Waals surface area contributed by atoms with E-state index in [4.69, 9.17) is 4.74 Å². The van der Waals surface area contributed by atoms with Gasteiger partial charge in [-0.25, -0.2) is 0 Å². The van der Waals surface area contributed by atoms with E-state index in [2.05, 4.69) is 25.3 Å². The van der Waals surface area contributed by atoms with Gasteiger partial charge in [-0.3, -0.25) is 19.3 Å². The number of hydrogen-bond acceptors (Lipinski definition) is 7. The Morgan fingerprint density at radius 3 is 2.44 bits per heavy atom. The molecule has 3 aromatic carbocycles. The summed E-state index contributed by atoms with van der Waals surface area (Å²) < 4.78 is 6.98. The van der Waals surface area contributed by atoms with Gasteiger partial charge < -0.3 is 25.0 Å². The molecule has 10 nitrogen and oxygen atoms in total. The summed E-state index contributed by atoms with van der Waals surface area (Å²) in [6.45, 7) is 3.17. The highest BCUT2D eigenvalue weighted by molar-refractivity contribution is 6.13. The van der Waals surface area contributed by atoms with Crippen LogP contribution in [0.4, 0.5) is 17.1 Å². The van der Waals surface area contributed by atoms with Crippen molar-refractivity contribution in [2.24, 2.45) is 12.0 Å². The maximum absolute atomic E-state index is 13.3. The van der Waals surface area contributed by atoms with Gasteiger partial charge in [0, 0.05) is 66.0 Å². The van der Waals surface area contributed by atoms with E-state index < -0.39 is 0 Å². The van der Waals surface area contributed by atoms with Crippen LogP contribution in [0.25, 0.3) is 10.9 Å². The normalized spacial score (nSPS) is 13.6. The summed E-state index contributed by atoms with van der Waals surface area (Å²) >= 11 is 0. The fraction of sp³-hybridized carbons (Fsp3) is 0.161. The van der Waals surface area contributed by atoms with Crippen molar-refractivity contribution in [3.63, 3.8) is 0 Å². The Morgan fingerprint density at radius 2 is 1.73 bits per heavy atom. The Kier molecular flexibility index (Phi) is 7.05. The number of amides is 1. The molecule has 6 rings (SSSR count). The predicted octanol–water partition coefficient (Wildman–Crippen LogP) is 4.68. The van der Waals surface area contributed by atoms with E-state index in [-0.39, 0.29) is 17.6 Å². The first-order chi connectivity index (χ1) is 19.9. The first-order valence-electron chi connectivity index (χ1n) is 13.2. The SMILES string of the molecule is Cn1cc(C(=O)Nc2ccc(C(=O)c3ccc4[nH]c(O)c(C=Nc5ccc(N6CCOCC6)cc5)c4c3)cc2)cn1. The average Bonchev–Trinajstić information content (AvgIpc) is 3.58. The molecule has 1 aliphatic heterocycles. The molecular weight excluding hydrogens is 520 g/mol. The molecule has 0 radical (unpaired) electrons. The molecule has 10 heteroatoms. The van der Waals surface area contributed by atoms with E-state index in [0.717, 1.165) is 37.7 Å². The molecule has 0 unspecified atom stereocenters. The molecule has 2 aromatic heterocycles. The highest BCUT2D eigenvalue weighted by atomic mass is 16.5. The topological polar surface area (TPSA) is 125 Å². The molecular formula is C31H28N6O4. The predicted molar refractivity (Wildman–Crippen MR) is 158 cm³/mol. The number of nitrogens with one attached hydrogen (secondary N) is 2. The summed E-state index contributed by atoms with van der Waals surface area (Å²) in [5.41, 5.74) is 5.01. The molecule has 0 bridgehead atoms. The lowest BCUT2D eigenvalue weighted by molar-refractivity contribution is 0.102. The number of aliphatic imine (C=N–C) groups is 1. The Balaban J connectivity index is 1.18. The molecule has 1 saturated heterocycles. The number of hydrogen-bond donors (Lipinski definition) is 3. The number of aromatic amines is 1. The summed E-state index contributed by atoms with van der Waals surface area (Å²) in [5, 5.41) is 18.1. The monoisotopic (exact) mass is 548 g/mol. The third kappa shape index (κ3) is 5.59. The van der Waals surface area contributed by atoms with Crippen LogP contribution in [0.5, 0.6) is 5.88 Å². The Hall–Kier alpha value is -5.22. The highest BCUT2D eigenvalue weighted by Crippen LogP contribution is 2.29. The van der Waals surface area contributed by atoms with Gasteiger partial charge in [-0.15, -0.1) is 0 Å². The zero-order chi connectivity index (χ0) is 28.3. The molecule has 1 aliphatic rings. The fourth-order valence-corrected chi connectivity index (χ4v) is 4.79. The van der Waals surface area contributed by atoms with E-state index in [0.29, 0.717) is 38.8 Å². The van der Waals surface area contributed by atoms with Gasteiger partial charge in [0.15, 0.2) is 11.7 Å². The van der Waals surface area contributed by atoms with Crippen LogP contribution < -0.4 is 10.2 Å². The molecule has 3 heterocycles. The minimum Gasteiger partial charge on any atom is -0.494 e. The van der Waals surface area contributed by atoms with Crippen molar-refractivity contribution in [2.75, 3.05) is 36.5 Å². The number of morpholine rings is 1. The second-order valence-electron chi connectivity index (χ2n) is 9.78. The highest BCUT2D eigenvalue weighted by Gasteiger charge is 2.15. The molecule has 0 aliphatic carbocycles. The second-order valence-corrected chi connectivity index (χ2v) is 9.78. The second kappa shape index (κ2) is 11.1. The number of H-pyrrole nitrogens is 1. The van der Waals surface area contributed by atoms with Crippen molar-refractivity contribution in [2.45, 2.75) is 0 Å². The van der Waals surface area contributed by atoms with Crippen molar-refractivity contribution in [1.82, 2.24) is 14.8 Å². The molecule has 0 atom stereocenters. The zero-order valence-corrected chi connectivity index (χ0v) is 22.4. The summed E-state index contributed by atoms with van der Waals surface area (Å²) in [6.07, 6.45) is 4.72. The van der Waals surface area contributed by atoms with Gasteiger partial charge in [-0.2, -0.15) is 5.10 Å². The van der Waals surface area contributed by atoms with Crippen molar-refractivity contribution in [1.29, 1.82) is 0 Å². The van der Waals surface area contributed by atoms with Crippen LogP contribution in [0, 0.1) is 0 Å². The van der Waals surface area contributed by atoms with Crippen LogP contribution in [0.1, 0.15) is 31.8 Å². The van der Waals surface area contributed by atoms with E-state index in [1.54, 1.807) is 66.6 Å².